The average molecular weight is 448 g/mol. The van der Waals surface area contributed by atoms with Crippen LogP contribution in [0.25, 0.3) is 0 Å². The van der Waals surface area contributed by atoms with Gasteiger partial charge >= 0.3 is 6.09 Å². The molecule has 174 valence electrons. The van der Waals surface area contributed by atoms with E-state index in [1.807, 2.05) is 24.3 Å². The SMILES string of the molecule is CC(=O)[C@@]1(OC(=O)Nc2ccccc2)CC[C@H]2[C@@H]3C=CC4=CC(=O)CC[C@]4(C)[C@H]3CC[C@@]21C. The molecule has 4 aliphatic carbocycles. The molecule has 5 nitrogen and oxygen atoms in total. The van der Waals surface area contributed by atoms with Crippen LogP contribution < -0.4 is 5.32 Å². The highest BCUT2D eigenvalue weighted by Crippen LogP contribution is 2.67. The number of carbonyl (C=O) groups is 3. The van der Waals surface area contributed by atoms with Gasteiger partial charge in [0.25, 0.3) is 0 Å². The zero-order valence-corrected chi connectivity index (χ0v) is 19.7. The van der Waals surface area contributed by atoms with E-state index >= 15 is 0 Å². The van der Waals surface area contributed by atoms with Crippen LogP contribution in [0.2, 0.25) is 0 Å². The van der Waals surface area contributed by atoms with E-state index in [9.17, 15) is 14.4 Å². The molecular weight excluding hydrogens is 414 g/mol. The smallest absolute Gasteiger partial charge is 0.412 e. The van der Waals surface area contributed by atoms with Crippen molar-refractivity contribution in [2.24, 2.45) is 28.6 Å². The number of nitrogens with one attached hydrogen (secondary N) is 1. The Morgan fingerprint density at radius 3 is 2.48 bits per heavy atom. The second kappa shape index (κ2) is 7.68. The molecule has 0 aliphatic heterocycles. The molecule has 33 heavy (non-hydrogen) atoms. The summed E-state index contributed by atoms with van der Waals surface area (Å²) >= 11 is 0. The summed E-state index contributed by atoms with van der Waals surface area (Å²) in [5.74, 6) is 1.18. The second-order valence-corrected chi connectivity index (χ2v) is 10.9. The number of carbonyl (C=O) groups excluding carboxylic acids is 3. The van der Waals surface area contributed by atoms with Crippen LogP contribution in [0.3, 0.4) is 0 Å². The van der Waals surface area contributed by atoms with Gasteiger partial charge in [-0.15, -0.1) is 0 Å². The number of benzene rings is 1. The number of hydrogen-bond acceptors (Lipinski definition) is 4. The first kappa shape index (κ1) is 22.1. The van der Waals surface area contributed by atoms with Crippen molar-refractivity contribution in [3.05, 3.63) is 54.1 Å². The van der Waals surface area contributed by atoms with Crippen LogP contribution in [0, 0.1) is 28.6 Å². The van der Waals surface area contributed by atoms with Gasteiger partial charge in [0, 0.05) is 17.5 Å². The number of para-hydroxylation sites is 1. The molecule has 0 radical (unpaired) electrons. The Morgan fingerprint density at radius 1 is 1.03 bits per heavy atom. The molecule has 0 unspecified atom stereocenters. The zero-order valence-electron chi connectivity index (χ0n) is 19.7. The first-order valence-electron chi connectivity index (χ1n) is 12.2. The highest BCUT2D eigenvalue weighted by Gasteiger charge is 2.67. The molecule has 0 saturated heterocycles. The number of allylic oxidation sites excluding steroid dienone is 4. The molecule has 1 amide bonds. The summed E-state index contributed by atoms with van der Waals surface area (Å²) in [7, 11) is 0. The van der Waals surface area contributed by atoms with Gasteiger partial charge in [-0.2, -0.15) is 0 Å². The minimum atomic E-state index is -1.12. The fourth-order valence-corrected chi connectivity index (χ4v) is 7.64. The average Bonchev–Trinajstić information content (AvgIpc) is 3.08. The Balaban J connectivity index is 1.45. The lowest BCUT2D eigenvalue weighted by atomic mass is 9.48. The van der Waals surface area contributed by atoms with Crippen molar-refractivity contribution in [1.82, 2.24) is 0 Å². The summed E-state index contributed by atoms with van der Waals surface area (Å²) in [6.45, 7) is 6.04. The monoisotopic (exact) mass is 447 g/mol. The molecule has 0 heterocycles. The minimum Gasteiger partial charge on any atom is -0.434 e. The Labute approximate surface area is 195 Å². The number of anilines is 1. The molecule has 2 saturated carbocycles. The number of amides is 1. The topological polar surface area (TPSA) is 72.5 Å². The summed E-state index contributed by atoms with van der Waals surface area (Å²) in [5.41, 5.74) is 0.286. The highest BCUT2D eigenvalue weighted by atomic mass is 16.6. The van der Waals surface area contributed by atoms with Crippen molar-refractivity contribution in [2.45, 2.75) is 64.9 Å². The molecule has 4 aliphatic rings. The van der Waals surface area contributed by atoms with Crippen LogP contribution in [0.1, 0.15) is 59.3 Å². The normalized spacial score (nSPS) is 39.1. The molecule has 6 atom stereocenters. The minimum absolute atomic E-state index is 0.00166. The Morgan fingerprint density at radius 2 is 1.76 bits per heavy atom. The van der Waals surface area contributed by atoms with Gasteiger partial charge in [0.1, 0.15) is 0 Å². The van der Waals surface area contributed by atoms with E-state index in [-0.39, 0.29) is 22.9 Å². The largest absolute Gasteiger partial charge is 0.434 e. The van der Waals surface area contributed by atoms with E-state index < -0.39 is 17.1 Å². The molecule has 2 fully saturated rings. The molecule has 0 bridgehead atoms. The van der Waals surface area contributed by atoms with E-state index in [2.05, 4.69) is 31.3 Å². The Kier molecular flexibility index (Phi) is 5.15. The first-order chi connectivity index (χ1) is 15.7. The Hall–Kier alpha value is -2.69. The standard InChI is InChI=1S/C28H33NO4/c1-18(30)28(33-25(32)29-20-7-5-4-6-8-20)16-13-24-22-10-9-19-17-21(31)11-14-26(19,2)23(22)12-15-27(24,28)3/h4-10,17,22-24H,11-16H2,1-3H3,(H,29,32)/t22-,23+,24+,26+,27+,28+/m1/s1. The lowest BCUT2D eigenvalue weighted by Gasteiger charge is -2.57. The summed E-state index contributed by atoms with van der Waals surface area (Å²) < 4.78 is 6.08. The van der Waals surface area contributed by atoms with Crippen LogP contribution in [-0.4, -0.2) is 23.3 Å². The van der Waals surface area contributed by atoms with Gasteiger partial charge in [0.2, 0.25) is 0 Å². The molecule has 1 aromatic rings. The van der Waals surface area contributed by atoms with E-state index in [0.717, 1.165) is 31.3 Å². The van der Waals surface area contributed by atoms with Gasteiger partial charge in [-0.05, 0) is 86.0 Å². The summed E-state index contributed by atoms with van der Waals surface area (Å²) in [6, 6.07) is 9.19. The summed E-state index contributed by atoms with van der Waals surface area (Å²) in [4.78, 5) is 38.1. The third-order valence-electron chi connectivity index (χ3n) is 9.49. The maximum absolute atomic E-state index is 13.1. The van der Waals surface area contributed by atoms with Gasteiger partial charge < -0.3 is 4.74 Å². The number of ketones is 2. The first-order valence-corrected chi connectivity index (χ1v) is 12.2. The van der Waals surface area contributed by atoms with Crippen molar-refractivity contribution < 1.29 is 19.1 Å². The van der Waals surface area contributed by atoms with Crippen LogP contribution in [-0.2, 0) is 14.3 Å². The molecular formula is C28H33NO4. The maximum Gasteiger partial charge on any atom is 0.412 e. The molecule has 1 aromatic carbocycles. The number of ether oxygens (including phenoxy) is 1. The van der Waals surface area contributed by atoms with Crippen LogP contribution >= 0.6 is 0 Å². The fourth-order valence-electron chi connectivity index (χ4n) is 7.64. The number of Topliss-reactive ketones (excluding diaryl/α,β-unsaturated/α-hetero) is 1. The quantitative estimate of drug-likeness (QED) is 0.629. The molecule has 0 aromatic heterocycles. The highest BCUT2D eigenvalue weighted by molar-refractivity contribution is 5.93. The number of rotatable bonds is 3. The number of fused-ring (bicyclic) bond motifs is 5. The maximum atomic E-state index is 13.1. The summed E-state index contributed by atoms with van der Waals surface area (Å²) in [6.07, 6.45) is 10.4. The molecule has 1 N–H and O–H groups in total. The van der Waals surface area contributed by atoms with Crippen molar-refractivity contribution in [3.63, 3.8) is 0 Å². The molecule has 5 rings (SSSR count). The van der Waals surface area contributed by atoms with Gasteiger partial charge in [-0.1, -0.05) is 44.2 Å². The lowest BCUT2D eigenvalue weighted by molar-refractivity contribution is -0.156. The molecule has 5 heteroatoms. The zero-order chi connectivity index (χ0) is 23.4. The van der Waals surface area contributed by atoms with E-state index in [1.165, 1.54) is 0 Å². The third kappa shape index (κ3) is 3.23. The van der Waals surface area contributed by atoms with Crippen LogP contribution in [0.5, 0.6) is 0 Å². The van der Waals surface area contributed by atoms with E-state index in [0.29, 0.717) is 30.4 Å². The predicted octanol–water partition coefficient (Wildman–Crippen LogP) is 5.87. The lowest BCUT2D eigenvalue weighted by Crippen LogP contribution is -2.58. The van der Waals surface area contributed by atoms with Crippen LogP contribution in [0.15, 0.2) is 54.1 Å². The van der Waals surface area contributed by atoms with Crippen molar-refractivity contribution in [1.29, 1.82) is 0 Å². The Bertz CT molecular complexity index is 1060. The van der Waals surface area contributed by atoms with Crippen molar-refractivity contribution >= 4 is 23.3 Å². The second-order valence-electron chi connectivity index (χ2n) is 10.9. The number of hydrogen-bond donors (Lipinski definition) is 1. The third-order valence-corrected chi connectivity index (χ3v) is 9.49. The molecule has 0 spiro atoms. The fraction of sp³-hybridized carbons (Fsp3) is 0.536. The van der Waals surface area contributed by atoms with E-state index in [4.69, 9.17) is 4.74 Å². The van der Waals surface area contributed by atoms with Gasteiger partial charge in [0.05, 0.1) is 0 Å². The van der Waals surface area contributed by atoms with Gasteiger partial charge in [-0.3, -0.25) is 14.9 Å². The summed E-state index contributed by atoms with van der Waals surface area (Å²) in [5, 5.41) is 2.80. The predicted molar refractivity (Wildman–Crippen MR) is 127 cm³/mol. The van der Waals surface area contributed by atoms with Gasteiger partial charge in [-0.25, -0.2) is 4.79 Å². The van der Waals surface area contributed by atoms with Gasteiger partial charge in [0.15, 0.2) is 17.2 Å². The van der Waals surface area contributed by atoms with Crippen LogP contribution in [0.4, 0.5) is 10.5 Å². The van der Waals surface area contributed by atoms with Crippen molar-refractivity contribution in [3.8, 4) is 0 Å². The van der Waals surface area contributed by atoms with E-state index in [1.54, 1.807) is 19.1 Å². The van der Waals surface area contributed by atoms with Crippen molar-refractivity contribution in [2.75, 3.05) is 5.32 Å².